The van der Waals surface area contributed by atoms with Gasteiger partial charge in [0.2, 0.25) is 0 Å². The minimum Gasteiger partial charge on any atom is -0.344 e. The fraction of sp³-hybridized carbons (Fsp3) is 0.538. The van der Waals surface area contributed by atoms with Crippen LogP contribution in [0.15, 0.2) is 29.4 Å². The highest BCUT2D eigenvalue weighted by molar-refractivity contribution is 5.47. The largest absolute Gasteiger partial charge is 0.344 e. The highest BCUT2D eigenvalue weighted by atomic mass is 16.3. The van der Waals surface area contributed by atoms with Crippen molar-refractivity contribution in [2.24, 2.45) is 5.18 Å². The van der Waals surface area contributed by atoms with Gasteiger partial charge in [-0.1, -0.05) is 44.9 Å². The van der Waals surface area contributed by atoms with Crippen molar-refractivity contribution in [3.8, 4) is 0 Å². The van der Waals surface area contributed by atoms with Crippen molar-refractivity contribution in [1.82, 2.24) is 6.15 Å². The van der Waals surface area contributed by atoms with Gasteiger partial charge in [-0.25, -0.2) is 0 Å². The van der Waals surface area contributed by atoms with Gasteiger partial charge in [-0.2, -0.15) is 0 Å². The van der Waals surface area contributed by atoms with Gasteiger partial charge in [-0.05, 0) is 35.6 Å². The fourth-order valence-electron chi connectivity index (χ4n) is 2.07. The number of nitroso groups, excluding NO2 is 1. The summed E-state index contributed by atoms with van der Waals surface area (Å²) in [7, 11) is 0. The molecule has 3 nitrogen and oxygen atoms in total. The molecule has 0 bridgehead atoms. The Morgan fingerprint density at radius 1 is 1.12 bits per heavy atom. The maximum atomic E-state index is 10.7. The Bertz CT molecular complexity index is 307. The van der Waals surface area contributed by atoms with E-state index in [1.807, 2.05) is 18.2 Å². The van der Waals surface area contributed by atoms with Crippen LogP contribution in [-0.4, -0.2) is 0 Å². The average molecular weight is 222 g/mol. The van der Waals surface area contributed by atoms with Crippen molar-refractivity contribution >= 4 is 5.69 Å². The van der Waals surface area contributed by atoms with Crippen molar-refractivity contribution in [3.05, 3.63) is 34.7 Å². The standard InChI is InChI=1S/C13H19NO.H3N/c1-3-7-11(8-4-2)12-9-5-6-10-13(12)14-15;/h5-6,9-11H,3-4,7-8H2,1-2H3;1H3. The van der Waals surface area contributed by atoms with Gasteiger partial charge in [0.05, 0.1) is 0 Å². The molecule has 0 aliphatic heterocycles. The molecule has 90 valence electrons. The van der Waals surface area contributed by atoms with Crippen molar-refractivity contribution in [2.75, 3.05) is 0 Å². The third-order valence-electron chi connectivity index (χ3n) is 2.75. The lowest BCUT2D eigenvalue weighted by Gasteiger charge is -2.16. The lowest BCUT2D eigenvalue weighted by Crippen LogP contribution is -1.98. The summed E-state index contributed by atoms with van der Waals surface area (Å²) in [4.78, 5) is 10.7. The molecule has 0 saturated carbocycles. The van der Waals surface area contributed by atoms with Gasteiger partial charge in [0.15, 0.2) is 0 Å². The molecule has 3 heteroatoms. The molecule has 16 heavy (non-hydrogen) atoms. The predicted octanol–water partition coefficient (Wildman–Crippen LogP) is 4.93. The molecule has 1 aromatic rings. The molecule has 0 fully saturated rings. The second-order valence-corrected chi connectivity index (χ2v) is 3.92. The van der Waals surface area contributed by atoms with Crippen LogP contribution in [0.2, 0.25) is 0 Å². The molecular formula is C13H22N2O. The monoisotopic (exact) mass is 222 g/mol. The summed E-state index contributed by atoms with van der Waals surface area (Å²) in [6.07, 6.45) is 4.58. The van der Waals surface area contributed by atoms with Gasteiger partial charge in [0.1, 0.15) is 5.69 Å². The molecular weight excluding hydrogens is 200 g/mol. The summed E-state index contributed by atoms with van der Waals surface area (Å²) < 4.78 is 0. The van der Waals surface area contributed by atoms with Crippen LogP contribution >= 0.6 is 0 Å². The maximum absolute atomic E-state index is 10.7. The quantitative estimate of drug-likeness (QED) is 0.693. The zero-order valence-corrected chi connectivity index (χ0v) is 10.3. The van der Waals surface area contributed by atoms with Crippen LogP contribution in [0.25, 0.3) is 0 Å². The Kier molecular flexibility index (Phi) is 7.38. The third kappa shape index (κ3) is 3.74. The zero-order valence-electron chi connectivity index (χ0n) is 10.3. The van der Waals surface area contributed by atoms with Crippen molar-refractivity contribution in [2.45, 2.75) is 45.4 Å². The molecule has 1 aromatic carbocycles. The molecule has 0 saturated heterocycles. The molecule has 3 N–H and O–H groups in total. The van der Waals surface area contributed by atoms with E-state index in [-0.39, 0.29) is 6.15 Å². The van der Waals surface area contributed by atoms with E-state index in [4.69, 9.17) is 0 Å². The lowest BCUT2D eigenvalue weighted by atomic mass is 9.89. The number of benzene rings is 1. The minimum atomic E-state index is 0. The maximum Gasteiger partial charge on any atom is 0.111 e. The Balaban J connectivity index is 0.00000225. The van der Waals surface area contributed by atoms with Gasteiger partial charge < -0.3 is 6.15 Å². The first-order chi connectivity index (χ1) is 7.33. The fourth-order valence-corrected chi connectivity index (χ4v) is 2.07. The molecule has 0 atom stereocenters. The van der Waals surface area contributed by atoms with E-state index >= 15 is 0 Å². The van der Waals surface area contributed by atoms with E-state index in [2.05, 4.69) is 19.0 Å². The Morgan fingerprint density at radius 2 is 1.69 bits per heavy atom. The van der Waals surface area contributed by atoms with Crippen LogP contribution in [0.3, 0.4) is 0 Å². The van der Waals surface area contributed by atoms with Crippen LogP contribution in [0.1, 0.15) is 51.0 Å². The highest BCUT2D eigenvalue weighted by Gasteiger charge is 2.13. The smallest absolute Gasteiger partial charge is 0.111 e. The van der Waals surface area contributed by atoms with Gasteiger partial charge in [-0.15, -0.1) is 4.91 Å². The molecule has 0 radical (unpaired) electrons. The highest BCUT2D eigenvalue weighted by Crippen LogP contribution is 2.33. The molecule has 0 aliphatic rings. The predicted molar refractivity (Wildman–Crippen MR) is 69.5 cm³/mol. The van der Waals surface area contributed by atoms with Crippen LogP contribution in [0.4, 0.5) is 5.69 Å². The van der Waals surface area contributed by atoms with E-state index in [1.54, 1.807) is 6.07 Å². The lowest BCUT2D eigenvalue weighted by molar-refractivity contribution is 0.561. The summed E-state index contributed by atoms with van der Waals surface area (Å²) in [5, 5.41) is 3.11. The zero-order chi connectivity index (χ0) is 11.1. The minimum absolute atomic E-state index is 0. The second-order valence-electron chi connectivity index (χ2n) is 3.92. The Labute approximate surface area is 97.8 Å². The molecule has 0 aromatic heterocycles. The summed E-state index contributed by atoms with van der Waals surface area (Å²) >= 11 is 0. The van der Waals surface area contributed by atoms with Crippen molar-refractivity contribution in [3.63, 3.8) is 0 Å². The van der Waals surface area contributed by atoms with E-state index < -0.39 is 0 Å². The van der Waals surface area contributed by atoms with E-state index in [0.717, 1.165) is 31.2 Å². The summed E-state index contributed by atoms with van der Waals surface area (Å²) in [6, 6.07) is 7.70. The molecule has 0 aliphatic carbocycles. The number of nitrogens with zero attached hydrogens (tertiary/aromatic N) is 1. The SMILES string of the molecule is CCCC(CCC)c1ccccc1N=O.N. The van der Waals surface area contributed by atoms with Crippen molar-refractivity contribution in [1.29, 1.82) is 0 Å². The van der Waals surface area contributed by atoms with E-state index in [1.165, 1.54) is 0 Å². The third-order valence-corrected chi connectivity index (χ3v) is 2.75. The number of hydrogen-bond donors (Lipinski definition) is 1. The molecule has 0 spiro atoms. The average Bonchev–Trinajstić information content (AvgIpc) is 2.29. The summed E-state index contributed by atoms with van der Waals surface area (Å²) in [5.74, 6) is 0.494. The van der Waals surface area contributed by atoms with E-state index in [0.29, 0.717) is 11.6 Å². The van der Waals surface area contributed by atoms with Gasteiger partial charge in [0, 0.05) is 0 Å². The Hall–Kier alpha value is -1.22. The number of rotatable bonds is 6. The van der Waals surface area contributed by atoms with Gasteiger partial charge in [0.25, 0.3) is 0 Å². The van der Waals surface area contributed by atoms with Crippen LogP contribution < -0.4 is 6.15 Å². The topological polar surface area (TPSA) is 64.4 Å². The van der Waals surface area contributed by atoms with Crippen LogP contribution in [0, 0.1) is 4.91 Å². The van der Waals surface area contributed by atoms with Gasteiger partial charge in [-0.3, -0.25) is 0 Å². The molecule has 0 heterocycles. The second kappa shape index (κ2) is 7.99. The van der Waals surface area contributed by atoms with Crippen molar-refractivity contribution < 1.29 is 0 Å². The summed E-state index contributed by atoms with van der Waals surface area (Å²) in [5.41, 5.74) is 1.74. The summed E-state index contributed by atoms with van der Waals surface area (Å²) in [6.45, 7) is 4.36. The molecule has 1 rings (SSSR count). The first-order valence-electron chi connectivity index (χ1n) is 5.75. The first kappa shape index (κ1) is 14.8. The van der Waals surface area contributed by atoms with Crippen LogP contribution in [0.5, 0.6) is 0 Å². The number of hydrogen-bond acceptors (Lipinski definition) is 3. The molecule has 0 amide bonds. The Morgan fingerprint density at radius 3 is 2.19 bits per heavy atom. The van der Waals surface area contributed by atoms with Gasteiger partial charge >= 0.3 is 0 Å². The molecule has 0 unspecified atom stereocenters. The first-order valence-corrected chi connectivity index (χ1v) is 5.75. The normalized spacial score (nSPS) is 9.94. The van der Waals surface area contributed by atoms with E-state index in [9.17, 15) is 4.91 Å². The van der Waals surface area contributed by atoms with Crippen LogP contribution in [-0.2, 0) is 0 Å².